The van der Waals surface area contributed by atoms with E-state index in [9.17, 15) is 5.11 Å². The molecule has 1 aliphatic rings. The highest BCUT2D eigenvalue weighted by Crippen LogP contribution is 2.17. The van der Waals surface area contributed by atoms with Crippen LogP contribution in [-0.4, -0.2) is 54.5 Å². The first kappa shape index (κ1) is 18.4. The van der Waals surface area contributed by atoms with Gasteiger partial charge < -0.3 is 15.2 Å². The third-order valence-electron chi connectivity index (χ3n) is 4.37. The fourth-order valence-electron chi connectivity index (χ4n) is 3.49. The number of β-amino-alcohol motifs (C(OH)–C–C–N with tert-alkyl or cyclic N) is 1. The Morgan fingerprint density at radius 2 is 1.74 bits per heavy atom. The van der Waals surface area contributed by atoms with Crippen molar-refractivity contribution in [2.45, 2.75) is 59.0 Å². The van der Waals surface area contributed by atoms with Crippen LogP contribution in [0.2, 0.25) is 0 Å². The maximum atomic E-state index is 10.3. The van der Waals surface area contributed by atoms with Crippen molar-refractivity contribution in [3.05, 3.63) is 34.9 Å². The Morgan fingerprint density at radius 1 is 1.17 bits per heavy atom. The van der Waals surface area contributed by atoms with Gasteiger partial charge in [-0.15, -0.1) is 0 Å². The predicted molar refractivity (Wildman–Crippen MR) is 94.8 cm³/mol. The molecule has 1 saturated heterocycles. The lowest BCUT2D eigenvalue weighted by atomic mass is 10.0. The van der Waals surface area contributed by atoms with E-state index in [0.717, 1.165) is 13.1 Å². The number of benzene rings is 1. The van der Waals surface area contributed by atoms with Gasteiger partial charge in [0.05, 0.1) is 18.3 Å². The van der Waals surface area contributed by atoms with E-state index < -0.39 is 0 Å². The molecule has 1 aromatic carbocycles. The van der Waals surface area contributed by atoms with Crippen molar-refractivity contribution in [1.82, 2.24) is 10.2 Å². The number of aryl methyl sites for hydroxylation is 2. The zero-order chi connectivity index (χ0) is 17.0. The van der Waals surface area contributed by atoms with Gasteiger partial charge in [0.1, 0.15) is 0 Å². The Balaban J connectivity index is 1.80. The van der Waals surface area contributed by atoms with E-state index in [1.165, 1.54) is 16.7 Å². The molecule has 130 valence electrons. The third kappa shape index (κ3) is 5.88. The lowest BCUT2D eigenvalue weighted by Crippen LogP contribution is -2.49. The molecule has 0 radical (unpaired) electrons. The summed E-state index contributed by atoms with van der Waals surface area (Å²) in [4.78, 5) is 2.30. The van der Waals surface area contributed by atoms with Gasteiger partial charge in [-0.25, -0.2) is 0 Å². The fourth-order valence-corrected chi connectivity index (χ4v) is 3.49. The zero-order valence-corrected chi connectivity index (χ0v) is 15.2. The Hall–Kier alpha value is -0.940. The Bertz CT molecular complexity index is 476. The van der Waals surface area contributed by atoms with Gasteiger partial charge in [0.15, 0.2) is 0 Å². The molecular weight excluding hydrogens is 288 g/mol. The van der Waals surface area contributed by atoms with Gasteiger partial charge >= 0.3 is 0 Å². The van der Waals surface area contributed by atoms with Crippen LogP contribution in [0.15, 0.2) is 18.2 Å². The summed E-state index contributed by atoms with van der Waals surface area (Å²) in [6, 6.07) is 6.85. The van der Waals surface area contributed by atoms with Gasteiger partial charge in [-0.1, -0.05) is 29.3 Å². The molecule has 0 aromatic heterocycles. The molecule has 0 amide bonds. The minimum absolute atomic E-state index is 0.241. The average Bonchev–Trinajstić information content (AvgIpc) is 2.42. The molecular formula is C19H32N2O2. The number of aliphatic hydroxyl groups excluding tert-OH is 1. The van der Waals surface area contributed by atoms with Crippen LogP contribution >= 0.6 is 0 Å². The molecule has 4 atom stereocenters. The number of morpholine rings is 1. The van der Waals surface area contributed by atoms with E-state index in [2.05, 4.69) is 63.0 Å². The molecule has 1 aliphatic heterocycles. The van der Waals surface area contributed by atoms with Crippen molar-refractivity contribution in [2.75, 3.05) is 26.2 Å². The van der Waals surface area contributed by atoms with E-state index in [1.807, 2.05) is 0 Å². The maximum absolute atomic E-state index is 10.3. The second-order valence-electron chi connectivity index (χ2n) is 7.18. The molecule has 23 heavy (non-hydrogen) atoms. The van der Waals surface area contributed by atoms with E-state index in [0.29, 0.717) is 13.1 Å². The first-order valence-corrected chi connectivity index (χ1v) is 8.71. The van der Waals surface area contributed by atoms with Crippen LogP contribution in [-0.2, 0) is 4.74 Å². The predicted octanol–water partition coefficient (Wildman–Crippen LogP) is 2.42. The summed E-state index contributed by atoms with van der Waals surface area (Å²) < 4.78 is 5.74. The SMILES string of the molecule is Cc1cc(C)cc(C(C)NCC(O)CN2CC(C)OC(C)C2)c1. The van der Waals surface area contributed by atoms with Crippen molar-refractivity contribution < 1.29 is 9.84 Å². The first-order valence-electron chi connectivity index (χ1n) is 8.71. The number of rotatable bonds is 6. The van der Waals surface area contributed by atoms with Crippen molar-refractivity contribution >= 4 is 0 Å². The van der Waals surface area contributed by atoms with E-state index in [4.69, 9.17) is 4.74 Å². The van der Waals surface area contributed by atoms with Crippen LogP contribution in [0.25, 0.3) is 0 Å². The van der Waals surface area contributed by atoms with E-state index in [1.54, 1.807) is 0 Å². The van der Waals surface area contributed by atoms with Crippen LogP contribution in [0.1, 0.15) is 43.5 Å². The normalized spacial score (nSPS) is 25.3. The number of hydrogen-bond acceptors (Lipinski definition) is 4. The fraction of sp³-hybridized carbons (Fsp3) is 0.684. The van der Waals surface area contributed by atoms with Crippen LogP contribution in [0.4, 0.5) is 0 Å². The Morgan fingerprint density at radius 3 is 2.30 bits per heavy atom. The summed E-state index contributed by atoms with van der Waals surface area (Å²) in [6.07, 6.45) is 0.127. The molecule has 0 spiro atoms. The van der Waals surface area contributed by atoms with E-state index >= 15 is 0 Å². The van der Waals surface area contributed by atoms with Gasteiger partial charge in [0.2, 0.25) is 0 Å². The van der Waals surface area contributed by atoms with Crippen LogP contribution in [0, 0.1) is 13.8 Å². The minimum Gasteiger partial charge on any atom is -0.390 e. The Labute approximate surface area is 140 Å². The average molecular weight is 320 g/mol. The topological polar surface area (TPSA) is 44.7 Å². The smallest absolute Gasteiger partial charge is 0.0791 e. The second-order valence-corrected chi connectivity index (χ2v) is 7.18. The van der Waals surface area contributed by atoms with Crippen molar-refractivity contribution in [2.24, 2.45) is 0 Å². The first-order chi connectivity index (χ1) is 10.8. The highest BCUT2D eigenvalue weighted by Gasteiger charge is 2.23. The lowest BCUT2D eigenvalue weighted by molar-refractivity contribution is -0.0762. The molecule has 4 unspecified atom stereocenters. The van der Waals surface area contributed by atoms with Crippen LogP contribution in [0.3, 0.4) is 0 Å². The lowest BCUT2D eigenvalue weighted by Gasteiger charge is -2.36. The number of nitrogens with zero attached hydrogens (tertiary/aromatic N) is 1. The molecule has 1 heterocycles. The standard InChI is InChI=1S/C19H32N2O2/c1-13-6-14(2)8-18(7-13)17(5)20-9-19(22)12-21-10-15(3)23-16(4)11-21/h6-8,15-17,19-20,22H,9-12H2,1-5H3. The number of nitrogens with one attached hydrogen (secondary N) is 1. The van der Waals surface area contributed by atoms with Gasteiger partial charge in [-0.05, 0) is 40.2 Å². The van der Waals surface area contributed by atoms with Crippen molar-refractivity contribution in [1.29, 1.82) is 0 Å². The summed E-state index contributed by atoms with van der Waals surface area (Å²) in [5.41, 5.74) is 3.85. The van der Waals surface area contributed by atoms with Gasteiger partial charge in [0, 0.05) is 32.2 Å². The summed E-state index contributed by atoms with van der Waals surface area (Å²) in [5, 5.41) is 13.8. The number of hydrogen-bond donors (Lipinski definition) is 2. The third-order valence-corrected chi connectivity index (χ3v) is 4.37. The summed E-state index contributed by atoms with van der Waals surface area (Å²) in [5.74, 6) is 0. The van der Waals surface area contributed by atoms with Crippen LogP contribution < -0.4 is 5.32 Å². The van der Waals surface area contributed by atoms with Crippen molar-refractivity contribution in [3.63, 3.8) is 0 Å². The molecule has 2 rings (SSSR count). The molecule has 0 bridgehead atoms. The second kappa shape index (κ2) is 8.25. The monoisotopic (exact) mass is 320 g/mol. The highest BCUT2D eigenvalue weighted by atomic mass is 16.5. The van der Waals surface area contributed by atoms with Gasteiger partial charge in [-0.2, -0.15) is 0 Å². The molecule has 0 aliphatic carbocycles. The molecule has 1 fully saturated rings. The molecule has 4 heteroatoms. The minimum atomic E-state index is -0.360. The highest BCUT2D eigenvalue weighted by molar-refractivity contribution is 5.30. The summed E-state index contributed by atoms with van der Waals surface area (Å²) >= 11 is 0. The summed E-state index contributed by atoms with van der Waals surface area (Å²) in [6.45, 7) is 13.7. The van der Waals surface area contributed by atoms with Crippen molar-refractivity contribution in [3.8, 4) is 0 Å². The summed E-state index contributed by atoms with van der Waals surface area (Å²) in [7, 11) is 0. The van der Waals surface area contributed by atoms with Gasteiger partial charge in [0.25, 0.3) is 0 Å². The Kier molecular flexibility index (Phi) is 6.60. The quantitative estimate of drug-likeness (QED) is 0.845. The maximum Gasteiger partial charge on any atom is 0.0791 e. The van der Waals surface area contributed by atoms with E-state index in [-0.39, 0.29) is 24.4 Å². The van der Waals surface area contributed by atoms with Crippen LogP contribution in [0.5, 0.6) is 0 Å². The number of aliphatic hydroxyl groups is 1. The molecule has 0 saturated carbocycles. The van der Waals surface area contributed by atoms with Gasteiger partial charge in [-0.3, -0.25) is 4.90 Å². The molecule has 2 N–H and O–H groups in total. The molecule has 1 aromatic rings. The zero-order valence-electron chi connectivity index (χ0n) is 15.2. The largest absolute Gasteiger partial charge is 0.390 e. The number of ether oxygens (including phenoxy) is 1. The molecule has 4 nitrogen and oxygen atoms in total.